The molecule has 1 atom stereocenters. The van der Waals surface area contributed by atoms with Crippen molar-refractivity contribution in [2.75, 3.05) is 0 Å². The van der Waals surface area contributed by atoms with Gasteiger partial charge < -0.3 is 4.79 Å². The van der Waals surface area contributed by atoms with Crippen molar-refractivity contribution >= 4 is 40.0 Å². The van der Waals surface area contributed by atoms with E-state index in [-0.39, 0.29) is 0 Å². The third kappa shape index (κ3) is 3.44. The Balaban J connectivity index is 1.69. The van der Waals surface area contributed by atoms with Crippen LogP contribution in [0.15, 0.2) is 59.9 Å². The van der Waals surface area contributed by atoms with Gasteiger partial charge in [0.2, 0.25) is 0 Å². The number of aromatic nitrogens is 3. The number of pyridine rings is 1. The Bertz CT molecular complexity index is 1200. The number of carbonyl (C=O) groups excluding carboxylic acids is 1. The Morgan fingerprint density at radius 2 is 1.97 bits per heavy atom. The van der Waals surface area contributed by atoms with E-state index in [1.807, 2.05) is 6.07 Å². The molecule has 0 radical (unpaired) electrons. The molecule has 0 aliphatic heterocycles. The highest BCUT2D eigenvalue weighted by atomic mass is 32.2. The van der Waals surface area contributed by atoms with Gasteiger partial charge in [0.25, 0.3) is 0 Å². The van der Waals surface area contributed by atoms with Crippen molar-refractivity contribution in [3.8, 4) is 5.69 Å². The van der Waals surface area contributed by atoms with E-state index in [2.05, 4.69) is 58.9 Å². The molecule has 5 rings (SSSR count). The van der Waals surface area contributed by atoms with Gasteiger partial charge in [-0.15, -0.1) is 0 Å². The molecule has 146 valence electrons. The maximum absolute atomic E-state index is 10.8. The van der Waals surface area contributed by atoms with Gasteiger partial charge in [-0.2, -0.15) is 0 Å². The largest absolute Gasteiger partial charge is 0.303 e. The van der Waals surface area contributed by atoms with Crippen LogP contribution in [0.2, 0.25) is 0 Å². The summed E-state index contributed by atoms with van der Waals surface area (Å²) in [4.78, 5) is 20.1. The van der Waals surface area contributed by atoms with Crippen molar-refractivity contribution in [2.45, 2.75) is 48.9 Å². The summed E-state index contributed by atoms with van der Waals surface area (Å²) in [6, 6.07) is 17.3. The first-order chi connectivity index (χ1) is 14.3. The Labute approximate surface area is 174 Å². The van der Waals surface area contributed by atoms with E-state index in [0.717, 1.165) is 34.7 Å². The van der Waals surface area contributed by atoms with E-state index in [9.17, 15) is 4.79 Å². The number of fused-ring (bicyclic) bond motifs is 2. The summed E-state index contributed by atoms with van der Waals surface area (Å²) in [5.41, 5.74) is 4.38. The molecule has 0 saturated heterocycles. The number of aldehydes is 1. The first-order valence-corrected chi connectivity index (χ1v) is 11.1. The number of imidazole rings is 1. The normalized spacial score (nSPS) is 15.1. The molecular formula is C24H23N3OS. The maximum Gasteiger partial charge on any atom is 0.179 e. The molecular weight excluding hydrogens is 378 g/mol. The van der Waals surface area contributed by atoms with Gasteiger partial charge in [0.15, 0.2) is 10.8 Å². The lowest BCUT2D eigenvalue weighted by Crippen LogP contribution is -2.03. The van der Waals surface area contributed by atoms with E-state index < -0.39 is 0 Å². The molecule has 0 bridgehead atoms. The molecule has 4 nitrogen and oxygen atoms in total. The first kappa shape index (κ1) is 18.4. The first-order valence-electron chi connectivity index (χ1n) is 10.2. The van der Waals surface area contributed by atoms with Crippen LogP contribution in [-0.2, 0) is 4.79 Å². The predicted molar refractivity (Wildman–Crippen MR) is 119 cm³/mol. The number of carbonyl (C=O) groups is 1. The molecule has 29 heavy (non-hydrogen) atoms. The summed E-state index contributed by atoms with van der Waals surface area (Å²) in [5.74, 6) is 0.701. The minimum atomic E-state index is 0.299. The Kier molecular flexibility index (Phi) is 4.84. The van der Waals surface area contributed by atoms with E-state index in [1.165, 1.54) is 29.2 Å². The van der Waals surface area contributed by atoms with Gasteiger partial charge in [-0.3, -0.25) is 4.57 Å². The van der Waals surface area contributed by atoms with Gasteiger partial charge in [0.1, 0.15) is 6.29 Å². The highest BCUT2D eigenvalue weighted by Gasteiger charge is 2.26. The third-order valence-corrected chi connectivity index (χ3v) is 6.71. The summed E-state index contributed by atoms with van der Waals surface area (Å²) in [6.45, 7) is 2.15. The minimum Gasteiger partial charge on any atom is -0.303 e. The minimum absolute atomic E-state index is 0.299. The molecule has 4 aromatic rings. The monoisotopic (exact) mass is 401 g/mol. The Hall–Kier alpha value is -2.66. The van der Waals surface area contributed by atoms with Gasteiger partial charge in [-0.05, 0) is 54.3 Å². The quantitative estimate of drug-likeness (QED) is 0.285. The van der Waals surface area contributed by atoms with Crippen LogP contribution in [0.3, 0.4) is 0 Å². The lowest BCUT2D eigenvalue weighted by Gasteiger charge is -2.16. The summed E-state index contributed by atoms with van der Waals surface area (Å²) < 4.78 is 2.24. The van der Waals surface area contributed by atoms with Gasteiger partial charge >= 0.3 is 0 Å². The molecule has 2 aromatic heterocycles. The zero-order valence-corrected chi connectivity index (χ0v) is 17.2. The summed E-state index contributed by atoms with van der Waals surface area (Å²) >= 11 is 1.72. The van der Waals surface area contributed by atoms with Gasteiger partial charge in [0, 0.05) is 23.3 Å². The second-order valence-corrected chi connectivity index (χ2v) is 9.15. The summed E-state index contributed by atoms with van der Waals surface area (Å²) in [6.07, 6.45) is 6.77. The van der Waals surface area contributed by atoms with Gasteiger partial charge in [0.05, 0.1) is 11.2 Å². The fraction of sp³-hybridized carbons (Fsp3) is 0.292. The molecule has 2 heterocycles. The average molecular weight is 402 g/mol. The van der Waals surface area contributed by atoms with Crippen LogP contribution in [0, 0.1) is 0 Å². The van der Waals surface area contributed by atoms with Gasteiger partial charge in [-0.1, -0.05) is 49.0 Å². The van der Waals surface area contributed by atoms with Crippen molar-refractivity contribution < 1.29 is 4.79 Å². The third-order valence-electron chi connectivity index (χ3n) is 5.59. The molecule has 0 amide bonds. The molecule has 0 N–H and O–H groups in total. The van der Waals surface area contributed by atoms with Crippen LogP contribution in [0.25, 0.3) is 27.6 Å². The van der Waals surface area contributed by atoms with E-state index in [0.29, 0.717) is 17.6 Å². The molecule has 5 heteroatoms. The SMILES string of the molecule is CC(CCC=O)Sc1nc2ncccc2n1-c1ccc(C2CC2)c2ccccc12. The van der Waals surface area contributed by atoms with Crippen molar-refractivity contribution in [3.05, 3.63) is 60.3 Å². The highest BCUT2D eigenvalue weighted by Crippen LogP contribution is 2.44. The topological polar surface area (TPSA) is 47.8 Å². The van der Waals surface area contributed by atoms with Gasteiger partial charge in [-0.25, -0.2) is 9.97 Å². The average Bonchev–Trinajstić information content (AvgIpc) is 3.53. The number of hydrogen-bond donors (Lipinski definition) is 0. The fourth-order valence-corrected chi connectivity index (χ4v) is 5.05. The number of thioether (sulfide) groups is 1. The lowest BCUT2D eigenvalue weighted by atomic mass is 9.99. The maximum atomic E-state index is 10.8. The molecule has 1 saturated carbocycles. The fourth-order valence-electron chi connectivity index (χ4n) is 4.00. The van der Waals surface area contributed by atoms with Crippen molar-refractivity contribution in [2.24, 2.45) is 0 Å². The van der Waals surface area contributed by atoms with Crippen LogP contribution in [0.5, 0.6) is 0 Å². The second kappa shape index (κ2) is 7.64. The Morgan fingerprint density at radius 1 is 1.14 bits per heavy atom. The Morgan fingerprint density at radius 3 is 2.76 bits per heavy atom. The van der Waals surface area contributed by atoms with Crippen LogP contribution in [0.4, 0.5) is 0 Å². The number of rotatable bonds is 7. The van der Waals surface area contributed by atoms with Crippen LogP contribution in [0.1, 0.15) is 44.1 Å². The standard InChI is InChI=1S/C24H23N3OS/c1-16(6-5-15-28)29-24-26-23-22(9-4-14-25-23)27(24)21-13-12-18(17-10-11-17)19-7-2-3-8-20(19)21/h2-4,7-9,12-17H,5-6,10-11H2,1H3. The zero-order chi connectivity index (χ0) is 19.8. The van der Waals surface area contributed by atoms with Crippen molar-refractivity contribution in [3.63, 3.8) is 0 Å². The molecule has 2 aromatic carbocycles. The molecule has 1 unspecified atom stereocenters. The van der Waals surface area contributed by atoms with Crippen LogP contribution < -0.4 is 0 Å². The summed E-state index contributed by atoms with van der Waals surface area (Å²) in [5, 5.41) is 3.82. The van der Waals surface area contributed by atoms with E-state index >= 15 is 0 Å². The summed E-state index contributed by atoms with van der Waals surface area (Å²) in [7, 11) is 0. The molecule has 0 spiro atoms. The van der Waals surface area contributed by atoms with E-state index in [4.69, 9.17) is 4.98 Å². The number of benzene rings is 2. The lowest BCUT2D eigenvalue weighted by molar-refractivity contribution is -0.107. The molecule has 1 fully saturated rings. The van der Waals surface area contributed by atoms with E-state index in [1.54, 1.807) is 18.0 Å². The molecule has 1 aliphatic carbocycles. The van der Waals surface area contributed by atoms with Crippen LogP contribution >= 0.6 is 11.8 Å². The van der Waals surface area contributed by atoms with Crippen LogP contribution in [-0.4, -0.2) is 26.1 Å². The smallest absolute Gasteiger partial charge is 0.179 e. The second-order valence-electron chi connectivity index (χ2n) is 7.74. The molecule has 1 aliphatic rings. The zero-order valence-electron chi connectivity index (χ0n) is 16.4. The van der Waals surface area contributed by atoms with Crippen molar-refractivity contribution in [1.82, 2.24) is 14.5 Å². The van der Waals surface area contributed by atoms with Crippen molar-refractivity contribution in [1.29, 1.82) is 0 Å². The number of nitrogens with zero attached hydrogens (tertiary/aromatic N) is 3. The number of hydrogen-bond acceptors (Lipinski definition) is 4. The highest BCUT2D eigenvalue weighted by molar-refractivity contribution is 7.99. The predicted octanol–water partition coefficient (Wildman–Crippen LogP) is 5.91.